The molecule has 3 N–H and O–H groups in total. The van der Waals surface area contributed by atoms with Gasteiger partial charge >= 0.3 is 0 Å². The topological polar surface area (TPSA) is 96.5 Å². The van der Waals surface area contributed by atoms with E-state index in [1.807, 2.05) is 0 Å². The molecule has 0 aromatic heterocycles. The predicted octanol–water partition coefficient (Wildman–Crippen LogP) is 0.272. The molecule has 2 rings (SSSR count). The molecule has 0 aliphatic carbocycles. The second-order valence-electron chi connectivity index (χ2n) is 4.67. The largest absolute Gasteiger partial charge is 0.478 e. The average molecular weight is 291 g/mol. The predicted molar refractivity (Wildman–Crippen MR) is 76.2 cm³/mol. The Bertz CT molecular complexity index is 586. The monoisotopic (exact) mass is 291 g/mol. The maximum Gasteiger partial charge on any atom is 0.265 e. The molecular formula is C14H17N3O4. The van der Waals surface area contributed by atoms with Crippen LogP contribution in [0.1, 0.15) is 24.2 Å². The Morgan fingerprint density at radius 2 is 2.00 bits per heavy atom. The van der Waals surface area contributed by atoms with Crippen LogP contribution in [0.4, 0.5) is 5.69 Å². The van der Waals surface area contributed by atoms with Crippen molar-refractivity contribution in [2.45, 2.75) is 20.0 Å². The van der Waals surface area contributed by atoms with Crippen molar-refractivity contribution in [2.24, 2.45) is 0 Å². The average Bonchev–Trinajstić information content (AvgIpc) is 2.44. The lowest BCUT2D eigenvalue weighted by Gasteiger charge is -2.25. The van der Waals surface area contributed by atoms with Crippen LogP contribution in [-0.4, -0.2) is 36.9 Å². The third kappa shape index (κ3) is 3.50. The van der Waals surface area contributed by atoms with Gasteiger partial charge in [0.15, 0.2) is 11.9 Å². The van der Waals surface area contributed by atoms with E-state index in [1.165, 1.54) is 6.92 Å². The Labute approximate surface area is 122 Å². The number of carbonyl (C=O) groups is 3. The highest BCUT2D eigenvalue weighted by Gasteiger charge is 2.27. The van der Waals surface area contributed by atoms with Gasteiger partial charge in [-0.3, -0.25) is 14.4 Å². The summed E-state index contributed by atoms with van der Waals surface area (Å²) in [5.41, 5.74) is 0.829. The summed E-state index contributed by atoms with van der Waals surface area (Å²) in [4.78, 5) is 34.4. The molecule has 3 amide bonds. The summed E-state index contributed by atoms with van der Waals surface area (Å²) in [6, 6.07) is 4.96. The van der Waals surface area contributed by atoms with Gasteiger partial charge in [0.2, 0.25) is 5.91 Å². The first kappa shape index (κ1) is 14.8. The summed E-state index contributed by atoms with van der Waals surface area (Å²) in [6.45, 7) is 3.69. The molecule has 1 aromatic rings. The van der Waals surface area contributed by atoms with Crippen LogP contribution in [0.15, 0.2) is 18.2 Å². The van der Waals surface area contributed by atoms with Gasteiger partial charge in [0, 0.05) is 20.0 Å². The van der Waals surface area contributed by atoms with Gasteiger partial charge in [0.05, 0.1) is 11.3 Å². The van der Waals surface area contributed by atoms with E-state index in [0.717, 1.165) is 0 Å². The molecule has 1 aliphatic rings. The number of anilines is 1. The van der Waals surface area contributed by atoms with Crippen molar-refractivity contribution < 1.29 is 19.1 Å². The number of hydrogen-bond acceptors (Lipinski definition) is 4. The lowest BCUT2D eigenvalue weighted by Crippen LogP contribution is -2.37. The number of amides is 3. The highest BCUT2D eigenvalue weighted by atomic mass is 16.5. The summed E-state index contributed by atoms with van der Waals surface area (Å²) in [7, 11) is 0. The van der Waals surface area contributed by atoms with E-state index < -0.39 is 6.10 Å². The minimum absolute atomic E-state index is 0.152. The molecule has 0 bridgehead atoms. The highest BCUT2D eigenvalue weighted by molar-refractivity contribution is 6.03. The summed E-state index contributed by atoms with van der Waals surface area (Å²) >= 11 is 0. The van der Waals surface area contributed by atoms with Crippen molar-refractivity contribution in [1.29, 1.82) is 0 Å². The molecule has 0 saturated heterocycles. The van der Waals surface area contributed by atoms with Crippen LogP contribution in [0.25, 0.3) is 0 Å². The van der Waals surface area contributed by atoms with Crippen LogP contribution >= 0.6 is 0 Å². The molecule has 0 fully saturated rings. The molecule has 1 heterocycles. The second-order valence-corrected chi connectivity index (χ2v) is 4.67. The number of para-hydroxylation sites is 1. The maximum atomic E-state index is 12.1. The van der Waals surface area contributed by atoms with Crippen LogP contribution in [0.5, 0.6) is 5.75 Å². The zero-order valence-electron chi connectivity index (χ0n) is 11.9. The second kappa shape index (κ2) is 6.25. The lowest BCUT2D eigenvalue weighted by molar-refractivity contribution is -0.122. The van der Waals surface area contributed by atoms with Gasteiger partial charge in [-0.2, -0.15) is 0 Å². The summed E-state index contributed by atoms with van der Waals surface area (Å²) in [6.07, 6.45) is -0.647. The van der Waals surface area contributed by atoms with Gasteiger partial charge in [0.1, 0.15) is 0 Å². The summed E-state index contributed by atoms with van der Waals surface area (Å²) in [5, 5.41) is 7.96. The van der Waals surface area contributed by atoms with Gasteiger partial charge in [-0.05, 0) is 19.1 Å². The first-order valence-electron chi connectivity index (χ1n) is 6.62. The Morgan fingerprint density at radius 1 is 1.29 bits per heavy atom. The van der Waals surface area contributed by atoms with E-state index in [1.54, 1.807) is 25.1 Å². The molecule has 1 unspecified atom stereocenters. The zero-order chi connectivity index (χ0) is 15.4. The minimum Gasteiger partial charge on any atom is -0.478 e. The van der Waals surface area contributed by atoms with E-state index in [-0.39, 0.29) is 17.7 Å². The fourth-order valence-electron chi connectivity index (χ4n) is 1.92. The Hall–Kier alpha value is -2.57. The van der Waals surface area contributed by atoms with E-state index in [0.29, 0.717) is 30.1 Å². The van der Waals surface area contributed by atoms with Crippen LogP contribution in [0, 0.1) is 0 Å². The first-order chi connectivity index (χ1) is 9.99. The number of carbonyl (C=O) groups excluding carboxylic acids is 3. The quantitative estimate of drug-likeness (QED) is 0.694. The number of ether oxygens (including phenoxy) is 1. The number of hydrogen-bond donors (Lipinski definition) is 3. The molecule has 7 heteroatoms. The number of benzene rings is 1. The third-order valence-electron chi connectivity index (χ3n) is 2.97. The van der Waals surface area contributed by atoms with Gasteiger partial charge in [-0.15, -0.1) is 0 Å². The molecule has 21 heavy (non-hydrogen) atoms. The number of rotatable bonds is 4. The van der Waals surface area contributed by atoms with Crippen LogP contribution < -0.4 is 20.7 Å². The molecule has 0 saturated carbocycles. The highest BCUT2D eigenvalue weighted by Crippen LogP contribution is 2.33. The van der Waals surface area contributed by atoms with Gasteiger partial charge < -0.3 is 20.7 Å². The molecular weight excluding hydrogens is 274 g/mol. The lowest BCUT2D eigenvalue weighted by atomic mass is 10.1. The summed E-state index contributed by atoms with van der Waals surface area (Å²) < 4.78 is 5.50. The SMILES string of the molecule is CC(=O)NCCNC(=O)c1cccc2c1OC(C)C(=O)N2. The zero-order valence-corrected chi connectivity index (χ0v) is 11.9. The summed E-state index contributed by atoms with van der Waals surface area (Å²) in [5.74, 6) is -0.353. The molecule has 0 radical (unpaired) electrons. The van der Waals surface area contributed by atoms with Gasteiger partial charge in [-0.1, -0.05) is 6.07 Å². The van der Waals surface area contributed by atoms with Crippen molar-refractivity contribution in [3.8, 4) is 5.75 Å². The fourth-order valence-corrected chi connectivity index (χ4v) is 1.92. The van der Waals surface area contributed by atoms with Crippen molar-refractivity contribution in [2.75, 3.05) is 18.4 Å². The van der Waals surface area contributed by atoms with Crippen LogP contribution in [0.2, 0.25) is 0 Å². The van der Waals surface area contributed by atoms with Gasteiger partial charge in [-0.25, -0.2) is 0 Å². The Balaban J connectivity index is 2.07. The van der Waals surface area contributed by atoms with Crippen molar-refractivity contribution in [1.82, 2.24) is 10.6 Å². The molecule has 7 nitrogen and oxygen atoms in total. The van der Waals surface area contributed by atoms with E-state index >= 15 is 0 Å². The van der Waals surface area contributed by atoms with Crippen LogP contribution in [0.3, 0.4) is 0 Å². The third-order valence-corrected chi connectivity index (χ3v) is 2.97. The standard InChI is InChI=1S/C14H17N3O4/c1-8-13(19)17-11-5-3-4-10(12(11)21-8)14(20)16-7-6-15-9(2)18/h3-5,8H,6-7H2,1-2H3,(H,15,18)(H,16,20)(H,17,19). The normalized spacial score (nSPS) is 16.3. The Morgan fingerprint density at radius 3 is 2.71 bits per heavy atom. The van der Waals surface area contributed by atoms with Crippen LogP contribution in [-0.2, 0) is 9.59 Å². The van der Waals surface area contributed by atoms with Gasteiger partial charge in [0.25, 0.3) is 11.8 Å². The number of nitrogens with one attached hydrogen (secondary N) is 3. The van der Waals surface area contributed by atoms with Crippen molar-refractivity contribution in [3.63, 3.8) is 0 Å². The fraction of sp³-hybridized carbons (Fsp3) is 0.357. The first-order valence-corrected chi connectivity index (χ1v) is 6.62. The maximum absolute atomic E-state index is 12.1. The molecule has 1 aromatic carbocycles. The van der Waals surface area contributed by atoms with E-state index in [9.17, 15) is 14.4 Å². The molecule has 1 atom stereocenters. The number of fused-ring (bicyclic) bond motifs is 1. The van der Waals surface area contributed by atoms with E-state index in [2.05, 4.69) is 16.0 Å². The molecule has 112 valence electrons. The Kier molecular flexibility index (Phi) is 4.42. The smallest absolute Gasteiger partial charge is 0.265 e. The van der Waals surface area contributed by atoms with Crippen molar-refractivity contribution in [3.05, 3.63) is 23.8 Å². The molecule has 0 spiro atoms. The molecule has 1 aliphatic heterocycles. The van der Waals surface area contributed by atoms with E-state index in [4.69, 9.17) is 4.74 Å². The van der Waals surface area contributed by atoms with Crippen molar-refractivity contribution >= 4 is 23.4 Å². The minimum atomic E-state index is -0.647.